The van der Waals surface area contributed by atoms with Gasteiger partial charge in [-0.1, -0.05) is 20.3 Å². The van der Waals surface area contributed by atoms with E-state index in [0.29, 0.717) is 0 Å². The molecule has 1 heterocycles. The molecule has 3 heteroatoms. The van der Waals surface area contributed by atoms with Crippen LogP contribution < -0.4 is 0 Å². The summed E-state index contributed by atoms with van der Waals surface area (Å²) >= 11 is 5.01. The van der Waals surface area contributed by atoms with Gasteiger partial charge >= 0.3 is 0 Å². The molecule has 0 aromatic carbocycles. The number of hydrogen-bond acceptors (Lipinski definition) is 2. The Morgan fingerprint density at radius 2 is 2.29 bits per heavy atom. The number of rotatable bonds is 4. The Hall–Kier alpha value is -0.150. The Labute approximate surface area is 97.7 Å². The normalized spacial score (nSPS) is 12.9. The van der Waals surface area contributed by atoms with Crippen molar-refractivity contribution in [2.24, 2.45) is 5.92 Å². The van der Waals surface area contributed by atoms with Crippen LogP contribution in [0.2, 0.25) is 0 Å². The highest BCUT2D eigenvalue weighted by Crippen LogP contribution is 2.28. The Morgan fingerprint density at radius 3 is 2.71 bits per heavy atom. The Balaban J connectivity index is 2.79. The van der Waals surface area contributed by atoms with Crippen molar-refractivity contribution in [1.82, 2.24) is 0 Å². The smallest absolute Gasteiger partial charge is 0.175 e. The summed E-state index contributed by atoms with van der Waals surface area (Å²) in [5.41, 5.74) is 0. The van der Waals surface area contributed by atoms with Crippen LogP contribution in [0, 0.1) is 12.8 Å². The maximum Gasteiger partial charge on any atom is 0.175 e. The van der Waals surface area contributed by atoms with Crippen LogP contribution in [0.3, 0.4) is 0 Å². The molecule has 0 saturated heterocycles. The van der Waals surface area contributed by atoms with Crippen LogP contribution in [0.25, 0.3) is 0 Å². The van der Waals surface area contributed by atoms with Crippen LogP contribution >= 0.6 is 27.3 Å². The minimum absolute atomic E-state index is 0.157. The van der Waals surface area contributed by atoms with E-state index in [-0.39, 0.29) is 11.7 Å². The molecule has 0 saturated carbocycles. The van der Waals surface area contributed by atoms with Crippen LogP contribution in [0.4, 0.5) is 0 Å². The molecule has 1 nitrogen and oxygen atoms in total. The quantitative estimate of drug-likeness (QED) is 0.742. The number of halogens is 1. The summed E-state index contributed by atoms with van der Waals surface area (Å²) in [7, 11) is 0. The summed E-state index contributed by atoms with van der Waals surface area (Å²) < 4.78 is 1.05. The standard InChI is InChI=1S/C11H15BrOS/c1-4-5-7(2)11(13)10-6-9(12)8(3)14-10/h6-7H,4-5H2,1-3H3. The van der Waals surface area contributed by atoms with Crippen LogP contribution in [0.5, 0.6) is 0 Å². The second kappa shape index (κ2) is 5.08. The number of Topliss-reactive ketones (excluding diaryl/α,β-unsaturated/α-hetero) is 1. The molecule has 0 spiro atoms. The second-order valence-electron chi connectivity index (χ2n) is 3.57. The van der Waals surface area contributed by atoms with Crippen LogP contribution in [-0.2, 0) is 0 Å². The van der Waals surface area contributed by atoms with Gasteiger partial charge in [-0.05, 0) is 35.3 Å². The second-order valence-corrected chi connectivity index (χ2v) is 5.68. The van der Waals surface area contributed by atoms with Crippen molar-refractivity contribution in [2.75, 3.05) is 0 Å². The first-order valence-electron chi connectivity index (χ1n) is 4.86. The number of thiophene rings is 1. The third-order valence-electron chi connectivity index (χ3n) is 2.27. The summed E-state index contributed by atoms with van der Waals surface area (Å²) in [4.78, 5) is 14.0. The molecule has 0 aliphatic heterocycles. The summed E-state index contributed by atoms with van der Waals surface area (Å²) in [6.45, 7) is 6.14. The summed E-state index contributed by atoms with van der Waals surface area (Å²) in [5, 5.41) is 0. The van der Waals surface area contributed by atoms with E-state index in [9.17, 15) is 4.79 Å². The van der Waals surface area contributed by atoms with Crippen molar-refractivity contribution >= 4 is 33.0 Å². The first-order valence-corrected chi connectivity index (χ1v) is 6.47. The lowest BCUT2D eigenvalue weighted by molar-refractivity contribution is 0.0927. The molecular weight excluding hydrogens is 260 g/mol. The van der Waals surface area contributed by atoms with Gasteiger partial charge in [-0.25, -0.2) is 0 Å². The molecule has 0 N–H and O–H groups in total. The minimum atomic E-state index is 0.157. The van der Waals surface area contributed by atoms with Gasteiger partial charge in [0.1, 0.15) is 0 Å². The topological polar surface area (TPSA) is 17.1 Å². The zero-order chi connectivity index (χ0) is 10.7. The van der Waals surface area contributed by atoms with Gasteiger partial charge < -0.3 is 0 Å². The first kappa shape index (κ1) is 11.9. The van der Waals surface area contributed by atoms with E-state index in [2.05, 4.69) is 22.9 Å². The van der Waals surface area contributed by atoms with E-state index in [1.54, 1.807) is 11.3 Å². The monoisotopic (exact) mass is 274 g/mol. The molecule has 1 atom stereocenters. The van der Waals surface area contributed by atoms with E-state index in [1.165, 1.54) is 4.88 Å². The lowest BCUT2D eigenvalue weighted by Gasteiger charge is -2.05. The van der Waals surface area contributed by atoms with Crippen LogP contribution in [-0.4, -0.2) is 5.78 Å². The fraction of sp³-hybridized carbons (Fsp3) is 0.545. The van der Waals surface area contributed by atoms with E-state index in [1.807, 2.05) is 19.9 Å². The van der Waals surface area contributed by atoms with Crippen LogP contribution in [0.1, 0.15) is 41.2 Å². The molecule has 1 rings (SSSR count). The highest BCUT2D eigenvalue weighted by Gasteiger charge is 2.17. The lowest BCUT2D eigenvalue weighted by atomic mass is 10.0. The third kappa shape index (κ3) is 2.67. The van der Waals surface area contributed by atoms with E-state index < -0.39 is 0 Å². The maximum absolute atomic E-state index is 11.9. The molecule has 0 fully saturated rings. The minimum Gasteiger partial charge on any atom is -0.293 e. The van der Waals surface area contributed by atoms with Crippen molar-refractivity contribution in [3.05, 3.63) is 20.3 Å². The van der Waals surface area contributed by atoms with Gasteiger partial charge in [0.2, 0.25) is 0 Å². The van der Waals surface area contributed by atoms with Gasteiger partial charge in [0, 0.05) is 15.3 Å². The van der Waals surface area contributed by atoms with Gasteiger partial charge in [0.05, 0.1) is 4.88 Å². The largest absolute Gasteiger partial charge is 0.293 e. The molecule has 1 aromatic rings. The number of aryl methyl sites for hydroxylation is 1. The zero-order valence-electron chi connectivity index (χ0n) is 8.76. The van der Waals surface area contributed by atoms with Crippen molar-refractivity contribution in [3.63, 3.8) is 0 Å². The molecule has 1 aromatic heterocycles. The van der Waals surface area contributed by atoms with E-state index >= 15 is 0 Å². The van der Waals surface area contributed by atoms with E-state index in [4.69, 9.17) is 0 Å². The number of hydrogen-bond donors (Lipinski definition) is 0. The molecule has 0 amide bonds. The predicted octanol–water partition coefficient (Wildman–Crippen LogP) is 4.44. The molecule has 0 bridgehead atoms. The molecule has 14 heavy (non-hydrogen) atoms. The SMILES string of the molecule is CCCC(C)C(=O)c1cc(Br)c(C)s1. The van der Waals surface area contributed by atoms with E-state index in [0.717, 1.165) is 22.2 Å². The lowest BCUT2D eigenvalue weighted by Crippen LogP contribution is -2.09. The number of carbonyl (C=O) groups excluding carboxylic acids is 1. The van der Waals surface area contributed by atoms with Crippen molar-refractivity contribution in [3.8, 4) is 0 Å². The fourth-order valence-electron chi connectivity index (χ4n) is 1.39. The molecule has 0 aliphatic rings. The predicted molar refractivity (Wildman–Crippen MR) is 65.2 cm³/mol. The fourth-order valence-corrected chi connectivity index (χ4v) is 2.98. The summed E-state index contributed by atoms with van der Waals surface area (Å²) in [6.07, 6.45) is 2.05. The van der Waals surface area contributed by atoms with Crippen molar-refractivity contribution < 1.29 is 4.79 Å². The van der Waals surface area contributed by atoms with Gasteiger partial charge in [0.25, 0.3) is 0 Å². The summed E-state index contributed by atoms with van der Waals surface area (Å²) in [5.74, 6) is 0.440. The van der Waals surface area contributed by atoms with Crippen LogP contribution in [0.15, 0.2) is 10.5 Å². The highest BCUT2D eigenvalue weighted by atomic mass is 79.9. The average molecular weight is 275 g/mol. The summed E-state index contributed by atoms with van der Waals surface area (Å²) in [6, 6.07) is 1.94. The molecule has 78 valence electrons. The first-order chi connectivity index (χ1) is 6.56. The van der Waals surface area contributed by atoms with Gasteiger partial charge in [0.15, 0.2) is 5.78 Å². The molecule has 0 aliphatic carbocycles. The molecular formula is C11H15BrOS. The highest BCUT2D eigenvalue weighted by molar-refractivity contribution is 9.10. The Morgan fingerprint density at radius 1 is 1.64 bits per heavy atom. The van der Waals surface area contributed by atoms with Gasteiger partial charge in [-0.15, -0.1) is 11.3 Å². The zero-order valence-corrected chi connectivity index (χ0v) is 11.2. The number of carbonyl (C=O) groups is 1. The van der Waals surface area contributed by atoms with Gasteiger partial charge in [-0.3, -0.25) is 4.79 Å². The maximum atomic E-state index is 11.9. The average Bonchev–Trinajstić information content (AvgIpc) is 2.46. The molecule has 1 unspecified atom stereocenters. The molecule has 0 radical (unpaired) electrons. The Bertz CT molecular complexity index is 311. The third-order valence-corrected chi connectivity index (χ3v) is 4.42. The Kier molecular flexibility index (Phi) is 4.32. The van der Waals surface area contributed by atoms with Crippen molar-refractivity contribution in [2.45, 2.75) is 33.6 Å². The van der Waals surface area contributed by atoms with Gasteiger partial charge in [-0.2, -0.15) is 0 Å². The van der Waals surface area contributed by atoms with Crippen molar-refractivity contribution in [1.29, 1.82) is 0 Å². The number of ketones is 1.